The molecule has 156 valence electrons. The Hall–Kier alpha value is -3.13. The number of aromatic nitrogens is 3. The maximum Gasteiger partial charge on any atom is 0.280 e. The van der Waals surface area contributed by atoms with Crippen LogP contribution in [0.3, 0.4) is 0 Å². The highest BCUT2D eigenvalue weighted by molar-refractivity contribution is 7.03. The number of anilines is 1. The first-order valence-electron chi connectivity index (χ1n) is 9.57. The Morgan fingerprint density at radius 2 is 1.90 bits per heavy atom. The molecular formula is C22H25N5O2S. The second-order valence-electron chi connectivity index (χ2n) is 8.16. The van der Waals surface area contributed by atoms with Crippen molar-refractivity contribution in [2.75, 3.05) is 4.90 Å². The molecule has 1 N–H and O–H groups in total. The van der Waals surface area contributed by atoms with Crippen molar-refractivity contribution < 1.29 is 9.59 Å². The molecule has 0 fully saturated rings. The summed E-state index contributed by atoms with van der Waals surface area (Å²) in [6.07, 6.45) is 3.24. The lowest BCUT2D eigenvalue weighted by atomic mass is 10.0. The highest BCUT2D eigenvalue weighted by Gasteiger charge is 2.36. The topological polar surface area (TPSA) is 88.1 Å². The largest absolute Gasteiger partial charge is 0.349 e. The number of amides is 2. The minimum atomic E-state index is -0.922. The van der Waals surface area contributed by atoms with Gasteiger partial charge in [-0.1, -0.05) is 16.6 Å². The molecule has 0 aliphatic heterocycles. The van der Waals surface area contributed by atoms with Crippen LogP contribution in [0.25, 0.3) is 0 Å². The molecule has 0 bridgehead atoms. The van der Waals surface area contributed by atoms with E-state index in [1.807, 2.05) is 52.8 Å². The first-order chi connectivity index (χ1) is 14.2. The van der Waals surface area contributed by atoms with Crippen molar-refractivity contribution in [3.8, 4) is 0 Å². The predicted molar refractivity (Wildman–Crippen MR) is 118 cm³/mol. The molecule has 2 heterocycles. The SMILES string of the molecule is Cc1ccc(N(C(=O)c2csnn2)[C@@H](C(=O)NC(C)(C)C)c2cccnc2)cc1C. The molecule has 0 saturated carbocycles. The van der Waals surface area contributed by atoms with Gasteiger partial charge in [-0.15, -0.1) is 5.10 Å². The molecule has 2 aromatic heterocycles. The van der Waals surface area contributed by atoms with E-state index in [1.54, 1.807) is 29.9 Å². The first kappa shape index (κ1) is 21.6. The number of carbonyl (C=O) groups is 2. The lowest BCUT2D eigenvalue weighted by Crippen LogP contribution is -2.49. The van der Waals surface area contributed by atoms with Gasteiger partial charge in [0.05, 0.1) is 0 Å². The van der Waals surface area contributed by atoms with E-state index in [1.165, 1.54) is 4.90 Å². The average molecular weight is 424 g/mol. The summed E-state index contributed by atoms with van der Waals surface area (Å²) in [7, 11) is 0. The van der Waals surface area contributed by atoms with E-state index in [0.717, 1.165) is 22.7 Å². The second kappa shape index (κ2) is 8.71. The van der Waals surface area contributed by atoms with Crippen LogP contribution in [0.15, 0.2) is 48.1 Å². The Labute approximate surface area is 180 Å². The molecule has 3 aromatic rings. The summed E-state index contributed by atoms with van der Waals surface area (Å²) in [5, 5.41) is 8.52. The van der Waals surface area contributed by atoms with E-state index < -0.39 is 17.5 Å². The molecule has 0 unspecified atom stereocenters. The van der Waals surface area contributed by atoms with Crippen LogP contribution in [0.4, 0.5) is 5.69 Å². The van der Waals surface area contributed by atoms with Gasteiger partial charge in [0.1, 0.15) is 6.04 Å². The molecule has 0 radical (unpaired) electrons. The maximum atomic E-state index is 13.5. The van der Waals surface area contributed by atoms with Gasteiger partial charge >= 0.3 is 0 Å². The lowest BCUT2D eigenvalue weighted by Gasteiger charge is -2.33. The van der Waals surface area contributed by atoms with Crippen molar-refractivity contribution in [3.05, 3.63) is 70.5 Å². The summed E-state index contributed by atoms with van der Waals surface area (Å²) in [5.41, 5.74) is 3.04. The van der Waals surface area contributed by atoms with Gasteiger partial charge in [-0.25, -0.2) is 0 Å². The summed E-state index contributed by atoms with van der Waals surface area (Å²) in [6, 6.07) is 8.30. The minimum absolute atomic E-state index is 0.190. The smallest absolute Gasteiger partial charge is 0.280 e. The quantitative estimate of drug-likeness (QED) is 0.673. The number of pyridine rings is 1. The van der Waals surface area contributed by atoms with E-state index in [4.69, 9.17) is 0 Å². The molecule has 1 atom stereocenters. The number of benzene rings is 1. The summed E-state index contributed by atoms with van der Waals surface area (Å²) in [4.78, 5) is 32.6. The van der Waals surface area contributed by atoms with Gasteiger partial charge in [0.25, 0.3) is 5.91 Å². The van der Waals surface area contributed by atoms with Crippen LogP contribution >= 0.6 is 11.5 Å². The number of hydrogen-bond acceptors (Lipinski definition) is 6. The predicted octanol–water partition coefficient (Wildman–Crippen LogP) is 3.85. The van der Waals surface area contributed by atoms with Gasteiger partial charge in [-0.05, 0) is 75.5 Å². The number of rotatable bonds is 5. The number of aryl methyl sites for hydroxylation is 2. The molecule has 0 spiro atoms. The Bertz CT molecular complexity index is 1030. The van der Waals surface area contributed by atoms with Crippen molar-refractivity contribution in [3.63, 3.8) is 0 Å². The monoisotopic (exact) mass is 423 g/mol. The molecule has 0 aliphatic carbocycles. The fraction of sp³-hybridized carbons (Fsp3) is 0.318. The zero-order valence-corrected chi connectivity index (χ0v) is 18.5. The normalized spacial score (nSPS) is 12.3. The Kier molecular flexibility index (Phi) is 6.26. The van der Waals surface area contributed by atoms with E-state index in [-0.39, 0.29) is 11.6 Å². The van der Waals surface area contributed by atoms with E-state index in [0.29, 0.717) is 11.3 Å². The molecule has 0 saturated heterocycles. The molecule has 1 aromatic carbocycles. The molecule has 3 rings (SSSR count). The van der Waals surface area contributed by atoms with Crippen molar-refractivity contribution in [2.24, 2.45) is 0 Å². The highest BCUT2D eigenvalue weighted by Crippen LogP contribution is 2.31. The van der Waals surface area contributed by atoms with Crippen LogP contribution in [-0.2, 0) is 4.79 Å². The zero-order valence-electron chi connectivity index (χ0n) is 17.7. The van der Waals surface area contributed by atoms with Gasteiger partial charge in [0.2, 0.25) is 5.91 Å². The number of nitrogens with one attached hydrogen (secondary N) is 1. The fourth-order valence-electron chi connectivity index (χ4n) is 3.03. The Balaban J connectivity index is 2.18. The Morgan fingerprint density at radius 1 is 1.13 bits per heavy atom. The third-order valence-corrected chi connectivity index (χ3v) is 5.08. The van der Waals surface area contributed by atoms with Crippen LogP contribution in [0.2, 0.25) is 0 Å². The van der Waals surface area contributed by atoms with Gasteiger partial charge in [-0.2, -0.15) is 0 Å². The molecule has 30 heavy (non-hydrogen) atoms. The van der Waals surface area contributed by atoms with Gasteiger partial charge in [-0.3, -0.25) is 19.5 Å². The summed E-state index contributed by atoms with van der Waals surface area (Å²) < 4.78 is 3.82. The maximum absolute atomic E-state index is 13.5. The van der Waals surface area contributed by atoms with Crippen molar-refractivity contribution in [1.82, 2.24) is 19.9 Å². The third-order valence-electron chi connectivity index (χ3n) is 4.57. The van der Waals surface area contributed by atoms with Crippen LogP contribution in [0.1, 0.15) is 54.0 Å². The third kappa shape index (κ3) is 4.88. The molecule has 0 aliphatic rings. The van der Waals surface area contributed by atoms with Gasteiger partial charge in [0, 0.05) is 34.6 Å². The van der Waals surface area contributed by atoms with Gasteiger partial charge in [0.15, 0.2) is 5.69 Å². The first-order valence-corrected chi connectivity index (χ1v) is 10.4. The standard InChI is InChI=1S/C22H25N5O2S/c1-14-8-9-17(11-15(14)2)27(21(29)18-13-30-26-25-18)19(16-7-6-10-23-12-16)20(28)24-22(3,4)5/h6-13,19H,1-5H3,(H,24,28)/t19-/m1/s1. The molecule has 7 nitrogen and oxygen atoms in total. The number of carbonyl (C=O) groups excluding carboxylic acids is 2. The lowest BCUT2D eigenvalue weighted by molar-refractivity contribution is -0.123. The zero-order chi connectivity index (χ0) is 21.9. The van der Waals surface area contributed by atoms with Crippen LogP contribution in [0.5, 0.6) is 0 Å². The van der Waals surface area contributed by atoms with E-state index in [9.17, 15) is 9.59 Å². The summed E-state index contributed by atoms with van der Waals surface area (Å²) in [5.74, 6) is -0.699. The molecule has 8 heteroatoms. The van der Waals surface area contributed by atoms with E-state index in [2.05, 4.69) is 19.9 Å². The second-order valence-corrected chi connectivity index (χ2v) is 8.77. The van der Waals surface area contributed by atoms with Crippen molar-refractivity contribution in [1.29, 1.82) is 0 Å². The van der Waals surface area contributed by atoms with Crippen molar-refractivity contribution in [2.45, 2.75) is 46.2 Å². The van der Waals surface area contributed by atoms with Crippen LogP contribution in [-0.4, -0.2) is 31.9 Å². The van der Waals surface area contributed by atoms with Gasteiger partial charge < -0.3 is 5.32 Å². The number of nitrogens with zero attached hydrogens (tertiary/aromatic N) is 4. The highest BCUT2D eigenvalue weighted by atomic mass is 32.1. The fourth-order valence-corrected chi connectivity index (χ4v) is 3.46. The van der Waals surface area contributed by atoms with Crippen LogP contribution in [0, 0.1) is 13.8 Å². The summed E-state index contributed by atoms with van der Waals surface area (Å²) in [6.45, 7) is 9.67. The average Bonchev–Trinajstić information content (AvgIpc) is 3.22. The molecule has 2 amide bonds. The Morgan fingerprint density at radius 3 is 2.47 bits per heavy atom. The minimum Gasteiger partial charge on any atom is -0.349 e. The van der Waals surface area contributed by atoms with E-state index >= 15 is 0 Å². The number of hydrogen-bond donors (Lipinski definition) is 1. The van der Waals surface area contributed by atoms with Crippen LogP contribution < -0.4 is 10.2 Å². The molecular weight excluding hydrogens is 398 g/mol. The summed E-state index contributed by atoms with van der Waals surface area (Å²) >= 11 is 1.09. The van der Waals surface area contributed by atoms with Crippen molar-refractivity contribution >= 4 is 29.0 Å².